The average Bonchev–Trinajstić information content (AvgIpc) is 2.85. The molecule has 0 amide bonds. The molecular weight excluding hydrogens is 258 g/mol. The number of hydrogen-bond acceptors (Lipinski definition) is 3. The maximum Gasteiger partial charge on any atom is 0.420 e. The lowest BCUT2D eigenvalue weighted by molar-refractivity contribution is 0.518. The predicted octanol–water partition coefficient (Wildman–Crippen LogP) is 3.36. The Bertz CT molecular complexity index is 725. The van der Waals surface area contributed by atoms with Crippen LogP contribution < -0.4 is 5.76 Å². The van der Waals surface area contributed by atoms with Crippen molar-refractivity contribution in [3.63, 3.8) is 0 Å². The van der Waals surface area contributed by atoms with Crippen LogP contribution in [0.5, 0.6) is 0 Å². The van der Waals surface area contributed by atoms with Crippen molar-refractivity contribution in [2.75, 3.05) is 0 Å². The van der Waals surface area contributed by atoms with Crippen molar-refractivity contribution in [1.29, 1.82) is 0 Å². The van der Waals surface area contributed by atoms with Gasteiger partial charge in [0, 0.05) is 4.88 Å². The molecule has 0 saturated heterocycles. The van der Waals surface area contributed by atoms with E-state index in [4.69, 9.17) is 16.0 Å². The SMILES string of the molecule is O=c1oc2ccccc2n1Cc1ccc(Cl)s1. The zero-order valence-electron chi connectivity index (χ0n) is 8.72. The first kappa shape index (κ1) is 10.6. The number of oxazole rings is 1. The van der Waals surface area contributed by atoms with Crippen LogP contribution in [0.3, 0.4) is 0 Å². The van der Waals surface area contributed by atoms with E-state index in [2.05, 4.69) is 0 Å². The van der Waals surface area contributed by atoms with E-state index in [1.54, 1.807) is 10.6 Å². The Kier molecular flexibility index (Phi) is 2.53. The van der Waals surface area contributed by atoms with Crippen molar-refractivity contribution in [1.82, 2.24) is 4.57 Å². The van der Waals surface area contributed by atoms with Gasteiger partial charge in [0.15, 0.2) is 5.58 Å². The topological polar surface area (TPSA) is 35.1 Å². The molecular formula is C12H8ClNO2S. The summed E-state index contributed by atoms with van der Waals surface area (Å²) in [6, 6.07) is 11.1. The molecule has 0 aliphatic carbocycles. The molecule has 0 aliphatic heterocycles. The maximum atomic E-state index is 11.7. The number of nitrogens with zero attached hydrogens (tertiary/aromatic N) is 1. The summed E-state index contributed by atoms with van der Waals surface area (Å²) in [5.74, 6) is -0.337. The molecule has 86 valence electrons. The van der Waals surface area contributed by atoms with Gasteiger partial charge >= 0.3 is 5.76 Å². The van der Waals surface area contributed by atoms with Gasteiger partial charge in [0.05, 0.1) is 16.4 Å². The zero-order valence-corrected chi connectivity index (χ0v) is 10.3. The molecule has 0 fully saturated rings. The summed E-state index contributed by atoms with van der Waals surface area (Å²) in [5.41, 5.74) is 1.42. The zero-order chi connectivity index (χ0) is 11.8. The van der Waals surface area contributed by atoms with Crippen LogP contribution in [0.25, 0.3) is 11.1 Å². The fraction of sp³-hybridized carbons (Fsp3) is 0.0833. The molecule has 0 N–H and O–H groups in total. The Morgan fingerprint density at radius 3 is 2.82 bits per heavy atom. The smallest absolute Gasteiger partial charge is 0.408 e. The minimum Gasteiger partial charge on any atom is -0.408 e. The first-order valence-electron chi connectivity index (χ1n) is 5.06. The molecule has 0 saturated carbocycles. The van der Waals surface area contributed by atoms with E-state index in [1.807, 2.05) is 30.3 Å². The summed E-state index contributed by atoms with van der Waals surface area (Å²) in [7, 11) is 0. The molecule has 0 unspecified atom stereocenters. The van der Waals surface area contributed by atoms with E-state index in [1.165, 1.54) is 11.3 Å². The monoisotopic (exact) mass is 265 g/mol. The fourth-order valence-corrected chi connectivity index (χ4v) is 2.83. The Hall–Kier alpha value is -1.52. The highest BCUT2D eigenvalue weighted by Gasteiger charge is 2.09. The molecule has 2 aromatic heterocycles. The molecule has 3 nitrogen and oxygen atoms in total. The van der Waals surface area contributed by atoms with Gasteiger partial charge in [-0.2, -0.15) is 0 Å². The quantitative estimate of drug-likeness (QED) is 0.712. The van der Waals surface area contributed by atoms with E-state index in [0.717, 1.165) is 14.7 Å². The van der Waals surface area contributed by atoms with Gasteiger partial charge in [-0.05, 0) is 24.3 Å². The van der Waals surface area contributed by atoms with Crippen LogP contribution in [0, 0.1) is 0 Å². The number of thiophene rings is 1. The lowest BCUT2D eigenvalue weighted by atomic mass is 10.3. The third kappa shape index (κ3) is 1.90. The summed E-state index contributed by atoms with van der Waals surface area (Å²) in [6.45, 7) is 0.493. The number of hydrogen-bond donors (Lipinski definition) is 0. The number of rotatable bonds is 2. The molecule has 3 rings (SSSR count). The van der Waals surface area contributed by atoms with Crippen molar-refractivity contribution < 1.29 is 4.42 Å². The first-order chi connectivity index (χ1) is 8.24. The number of para-hydroxylation sites is 2. The summed E-state index contributed by atoms with van der Waals surface area (Å²) >= 11 is 7.33. The second-order valence-corrected chi connectivity index (χ2v) is 5.43. The largest absolute Gasteiger partial charge is 0.420 e. The van der Waals surface area contributed by atoms with Crippen LogP contribution in [0.1, 0.15) is 4.88 Å². The molecule has 0 radical (unpaired) electrons. The van der Waals surface area contributed by atoms with Crippen molar-refractivity contribution in [3.05, 3.63) is 56.2 Å². The predicted molar refractivity (Wildman–Crippen MR) is 68.9 cm³/mol. The van der Waals surface area contributed by atoms with Crippen LogP contribution in [0.4, 0.5) is 0 Å². The summed E-state index contributed by atoms with van der Waals surface area (Å²) in [6.07, 6.45) is 0. The molecule has 2 heterocycles. The van der Waals surface area contributed by atoms with E-state index < -0.39 is 0 Å². The van der Waals surface area contributed by atoms with Gasteiger partial charge in [0.2, 0.25) is 0 Å². The summed E-state index contributed by atoms with van der Waals surface area (Å²) in [5, 5.41) is 0. The second kappa shape index (κ2) is 4.05. The van der Waals surface area contributed by atoms with E-state index in [9.17, 15) is 4.79 Å². The minimum absolute atomic E-state index is 0.337. The van der Waals surface area contributed by atoms with Crippen LogP contribution in [-0.4, -0.2) is 4.57 Å². The minimum atomic E-state index is -0.337. The second-order valence-electron chi connectivity index (χ2n) is 3.63. The van der Waals surface area contributed by atoms with Crippen molar-refractivity contribution in [2.24, 2.45) is 0 Å². The van der Waals surface area contributed by atoms with Crippen molar-refractivity contribution >= 4 is 34.0 Å². The highest BCUT2D eigenvalue weighted by Crippen LogP contribution is 2.23. The fourth-order valence-electron chi connectivity index (χ4n) is 1.76. The van der Waals surface area contributed by atoms with Gasteiger partial charge in [-0.3, -0.25) is 4.57 Å². The number of fused-ring (bicyclic) bond motifs is 1. The van der Waals surface area contributed by atoms with Gasteiger partial charge in [-0.25, -0.2) is 4.79 Å². The average molecular weight is 266 g/mol. The normalized spacial score (nSPS) is 11.1. The van der Waals surface area contributed by atoms with E-state index >= 15 is 0 Å². The van der Waals surface area contributed by atoms with Crippen LogP contribution >= 0.6 is 22.9 Å². The van der Waals surface area contributed by atoms with Gasteiger partial charge in [-0.1, -0.05) is 23.7 Å². The van der Waals surface area contributed by atoms with E-state index in [-0.39, 0.29) is 5.76 Å². The molecule has 5 heteroatoms. The van der Waals surface area contributed by atoms with Crippen LogP contribution in [0.2, 0.25) is 4.34 Å². The van der Waals surface area contributed by atoms with Gasteiger partial charge in [0.1, 0.15) is 0 Å². The van der Waals surface area contributed by atoms with E-state index in [0.29, 0.717) is 12.1 Å². The number of aromatic nitrogens is 1. The highest BCUT2D eigenvalue weighted by molar-refractivity contribution is 7.16. The number of benzene rings is 1. The first-order valence-corrected chi connectivity index (χ1v) is 6.26. The molecule has 17 heavy (non-hydrogen) atoms. The lowest BCUT2D eigenvalue weighted by Gasteiger charge is -1.98. The molecule has 0 aliphatic rings. The maximum absolute atomic E-state index is 11.7. The molecule has 0 spiro atoms. The molecule has 0 bridgehead atoms. The van der Waals surface area contributed by atoms with Gasteiger partial charge < -0.3 is 4.42 Å². The van der Waals surface area contributed by atoms with Crippen molar-refractivity contribution in [2.45, 2.75) is 6.54 Å². The molecule has 3 aromatic rings. The molecule has 1 aromatic carbocycles. The Labute approximate surface area is 106 Å². The van der Waals surface area contributed by atoms with Crippen molar-refractivity contribution in [3.8, 4) is 0 Å². The van der Waals surface area contributed by atoms with Crippen LogP contribution in [-0.2, 0) is 6.54 Å². The Morgan fingerprint density at radius 1 is 1.24 bits per heavy atom. The van der Waals surface area contributed by atoms with Gasteiger partial charge in [-0.15, -0.1) is 11.3 Å². The molecule has 0 atom stereocenters. The third-order valence-electron chi connectivity index (χ3n) is 2.52. The lowest BCUT2D eigenvalue weighted by Crippen LogP contribution is -2.14. The third-order valence-corrected chi connectivity index (χ3v) is 3.73. The summed E-state index contributed by atoms with van der Waals surface area (Å²) in [4.78, 5) is 12.7. The Balaban J connectivity index is 2.11. The van der Waals surface area contributed by atoms with Gasteiger partial charge in [0.25, 0.3) is 0 Å². The Morgan fingerprint density at radius 2 is 2.06 bits per heavy atom. The van der Waals surface area contributed by atoms with Crippen LogP contribution in [0.15, 0.2) is 45.6 Å². The highest BCUT2D eigenvalue weighted by atomic mass is 35.5. The summed E-state index contributed by atoms with van der Waals surface area (Å²) < 4.78 is 7.49. The number of halogens is 1. The standard InChI is InChI=1S/C12H8ClNO2S/c13-11-6-5-8(17-11)7-14-9-3-1-2-4-10(9)16-12(14)15/h1-6H,7H2.